The summed E-state index contributed by atoms with van der Waals surface area (Å²) in [7, 11) is 0. The highest BCUT2D eigenvalue weighted by Gasteiger charge is 2.16. The Kier molecular flexibility index (Phi) is 8.83. The number of halogens is 1. The number of imide groups is 1. The molecular weight excluding hydrogens is 515 g/mol. The van der Waals surface area contributed by atoms with Gasteiger partial charge in [0.05, 0.1) is 10.2 Å². The van der Waals surface area contributed by atoms with Crippen LogP contribution in [0.3, 0.4) is 0 Å². The van der Waals surface area contributed by atoms with E-state index in [9.17, 15) is 19.6 Å². The van der Waals surface area contributed by atoms with Gasteiger partial charge in [0, 0.05) is 5.69 Å². The summed E-state index contributed by atoms with van der Waals surface area (Å²) in [6, 6.07) is 12.8. The molecule has 4 amide bonds. The number of anilines is 1. The largest absolute Gasteiger partial charge is 0.490 e. The van der Waals surface area contributed by atoms with Crippen LogP contribution in [0, 0.1) is 14.9 Å². The van der Waals surface area contributed by atoms with Gasteiger partial charge in [-0.2, -0.15) is 5.26 Å². The van der Waals surface area contributed by atoms with Crippen molar-refractivity contribution in [1.29, 1.82) is 5.26 Å². The van der Waals surface area contributed by atoms with Crippen molar-refractivity contribution < 1.29 is 23.9 Å². The van der Waals surface area contributed by atoms with Gasteiger partial charge in [0.2, 0.25) is 0 Å². The van der Waals surface area contributed by atoms with Gasteiger partial charge in [-0.1, -0.05) is 18.2 Å². The minimum atomic E-state index is -1.06. The lowest BCUT2D eigenvalue weighted by Gasteiger charge is -2.15. The Balaban J connectivity index is 2.22. The van der Waals surface area contributed by atoms with Gasteiger partial charge in [0.15, 0.2) is 18.1 Å². The number of hydrogen-bond donors (Lipinski definition) is 3. The van der Waals surface area contributed by atoms with Crippen molar-refractivity contribution in [3.63, 3.8) is 0 Å². The maximum absolute atomic E-state index is 12.2. The predicted molar refractivity (Wildman–Crippen MR) is 122 cm³/mol. The van der Waals surface area contributed by atoms with E-state index in [0.29, 0.717) is 32.9 Å². The number of primary amides is 1. The molecule has 0 heterocycles. The van der Waals surface area contributed by atoms with Crippen molar-refractivity contribution >= 4 is 52.2 Å². The van der Waals surface area contributed by atoms with Crippen LogP contribution in [0.2, 0.25) is 0 Å². The van der Waals surface area contributed by atoms with Crippen LogP contribution in [0.15, 0.2) is 48.0 Å². The lowest BCUT2D eigenvalue weighted by Crippen LogP contribution is -2.35. The normalized spacial score (nSPS) is 10.5. The molecule has 0 radical (unpaired) electrons. The average Bonchev–Trinajstić information content (AvgIpc) is 2.71. The van der Waals surface area contributed by atoms with Crippen LogP contribution in [0.1, 0.15) is 12.5 Å². The zero-order valence-corrected chi connectivity index (χ0v) is 18.6. The summed E-state index contributed by atoms with van der Waals surface area (Å²) in [4.78, 5) is 34.9. The highest BCUT2D eigenvalue weighted by atomic mass is 127. The summed E-state index contributed by atoms with van der Waals surface area (Å²) in [6.07, 6.45) is 1.29. The van der Waals surface area contributed by atoms with Gasteiger partial charge in [-0.05, 0) is 65.4 Å². The molecular formula is C21H19IN4O5. The summed E-state index contributed by atoms with van der Waals surface area (Å²) < 4.78 is 11.9. The monoisotopic (exact) mass is 534 g/mol. The molecule has 0 saturated heterocycles. The van der Waals surface area contributed by atoms with E-state index in [0.717, 1.165) is 0 Å². The lowest BCUT2D eigenvalue weighted by molar-refractivity contribution is -0.118. The number of carbonyl (C=O) groups excluding carboxylic acids is 3. The zero-order valence-electron chi connectivity index (χ0n) is 16.5. The number of para-hydroxylation sites is 1. The fourth-order valence-electron chi connectivity index (χ4n) is 2.43. The first-order chi connectivity index (χ1) is 14.8. The summed E-state index contributed by atoms with van der Waals surface area (Å²) in [5.74, 6) is -0.576. The van der Waals surface area contributed by atoms with Crippen molar-refractivity contribution in [3.8, 4) is 17.6 Å². The Bertz CT molecular complexity index is 1050. The van der Waals surface area contributed by atoms with E-state index in [4.69, 9.17) is 15.2 Å². The first-order valence-electron chi connectivity index (χ1n) is 9.00. The molecule has 2 aromatic rings. The van der Waals surface area contributed by atoms with Crippen LogP contribution in [0.4, 0.5) is 10.5 Å². The Morgan fingerprint density at radius 1 is 1.19 bits per heavy atom. The second-order valence-electron chi connectivity index (χ2n) is 5.95. The van der Waals surface area contributed by atoms with Gasteiger partial charge >= 0.3 is 6.03 Å². The molecule has 2 rings (SSSR count). The fraction of sp³-hybridized carbons (Fsp3) is 0.143. The van der Waals surface area contributed by atoms with Gasteiger partial charge in [-0.15, -0.1) is 0 Å². The maximum atomic E-state index is 12.2. The molecule has 0 spiro atoms. The number of nitriles is 1. The first kappa shape index (κ1) is 23.7. The number of nitrogens with one attached hydrogen (secondary N) is 2. The van der Waals surface area contributed by atoms with E-state index in [-0.39, 0.29) is 18.1 Å². The second kappa shape index (κ2) is 11.6. The molecule has 9 nitrogen and oxygen atoms in total. The number of hydrogen-bond acceptors (Lipinski definition) is 6. The van der Waals surface area contributed by atoms with Crippen LogP contribution in [-0.2, 0) is 9.59 Å². The quantitative estimate of drug-likeness (QED) is 0.270. The smallest absolute Gasteiger partial charge is 0.319 e. The van der Waals surface area contributed by atoms with Crippen molar-refractivity contribution in [1.82, 2.24) is 5.32 Å². The van der Waals surface area contributed by atoms with Gasteiger partial charge in [-0.25, -0.2) is 4.79 Å². The molecule has 0 fully saturated rings. The summed E-state index contributed by atoms with van der Waals surface area (Å²) >= 11 is 1.99. The SMILES string of the molecule is CCOc1cc(/C=C(/C#N)C(=O)NC(N)=O)cc(I)c1OCC(=O)Nc1ccccc1. The first-order valence-corrected chi connectivity index (χ1v) is 10.1. The van der Waals surface area contributed by atoms with Crippen molar-refractivity contribution in [3.05, 3.63) is 57.2 Å². The van der Waals surface area contributed by atoms with Gasteiger partial charge < -0.3 is 20.5 Å². The number of benzene rings is 2. The molecule has 0 aliphatic heterocycles. The molecule has 31 heavy (non-hydrogen) atoms. The van der Waals surface area contributed by atoms with Crippen molar-refractivity contribution in [2.45, 2.75) is 6.92 Å². The van der Waals surface area contributed by atoms with Crippen molar-refractivity contribution in [2.75, 3.05) is 18.5 Å². The molecule has 0 saturated carbocycles. The summed E-state index contributed by atoms with van der Waals surface area (Å²) in [5, 5.41) is 13.8. The molecule has 160 valence electrons. The number of ether oxygens (including phenoxy) is 2. The predicted octanol–water partition coefficient (Wildman–Crippen LogP) is 2.81. The molecule has 0 atom stereocenters. The minimum Gasteiger partial charge on any atom is -0.490 e. The minimum absolute atomic E-state index is 0.245. The topological polar surface area (TPSA) is 144 Å². The van der Waals surface area contributed by atoms with Crippen molar-refractivity contribution in [2.24, 2.45) is 5.73 Å². The highest BCUT2D eigenvalue weighted by molar-refractivity contribution is 14.1. The fourth-order valence-corrected chi connectivity index (χ4v) is 3.21. The Morgan fingerprint density at radius 3 is 2.52 bits per heavy atom. The standard InChI is InChI=1S/C21H19IN4O5/c1-2-30-17-10-13(8-14(11-23)20(28)26-21(24)29)9-16(22)19(17)31-12-18(27)25-15-6-4-3-5-7-15/h3-10H,2,12H2,1H3,(H,25,27)(H3,24,26,28,29)/b14-8-. The van der Waals surface area contributed by atoms with E-state index in [1.165, 1.54) is 6.08 Å². The maximum Gasteiger partial charge on any atom is 0.319 e. The Hall–Kier alpha value is -3.59. The van der Waals surface area contributed by atoms with E-state index in [1.54, 1.807) is 49.4 Å². The molecule has 0 aliphatic carbocycles. The number of urea groups is 1. The van der Waals surface area contributed by atoms with Crippen LogP contribution >= 0.6 is 22.6 Å². The molecule has 2 aromatic carbocycles. The van der Waals surface area contributed by atoms with Gasteiger partial charge in [-0.3, -0.25) is 14.9 Å². The average molecular weight is 534 g/mol. The second-order valence-corrected chi connectivity index (χ2v) is 7.12. The van der Waals surface area contributed by atoms with Gasteiger partial charge in [0.1, 0.15) is 11.6 Å². The van der Waals surface area contributed by atoms with Crippen LogP contribution in [-0.4, -0.2) is 31.1 Å². The van der Waals surface area contributed by atoms with E-state index in [1.807, 2.05) is 34.0 Å². The van der Waals surface area contributed by atoms with E-state index in [2.05, 4.69) is 5.32 Å². The van der Waals surface area contributed by atoms with E-state index >= 15 is 0 Å². The molecule has 0 bridgehead atoms. The third kappa shape index (κ3) is 7.31. The Morgan fingerprint density at radius 2 is 1.90 bits per heavy atom. The third-order valence-corrected chi connectivity index (χ3v) is 4.45. The van der Waals surface area contributed by atoms with Crippen LogP contribution < -0.4 is 25.8 Å². The molecule has 0 aliphatic rings. The number of rotatable bonds is 8. The summed E-state index contributed by atoms with van der Waals surface area (Å²) in [6.45, 7) is 1.86. The third-order valence-electron chi connectivity index (χ3n) is 3.65. The lowest BCUT2D eigenvalue weighted by atomic mass is 10.1. The molecule has 10 heteroatoms. The molecule has 4 N–H and O–H groups in total. The zero-order chi connectivity index (χ0) is 22.8. The number of nitrogens with two attached hydrogens (primary N) is 1. The summed E-state index contributed by atoms with van der Waals surface area (Å²) in [5.41, 5.74) is 5.71. The van der Waals surface area contributed by atoms with E-state index < -0.39 is 11.9 Å². The van der Waals surface area contributed by atoms with Crippen LogP contribution in [0.5, 0.6) is 11.5 Å². The molecule has 0 aromatic heterocycles. The Labute approximate surface area is 192 Å². The number of carbonyl (C=O) groups is 3. The van der Waals surface area contributed by atoms with Crippen LogP contribution in [0.25, 0.3) is 6.08 Å². The molecule has 0 unspecified atom stereocenters. The number of nitrogens with zero attached hydrogens (tertiary/aromatic N) is 1. The van der Waals surface area contributed by atoms with Gasteiger partial charge in [0.25, 0.3) is 11.8 Å². The highest BCUT2D eigenvalue weighted by Crippen LogP contribution is 2.35. The number of amides is 4.